The number of nitrogens with one attached hydrogen (secondary N) is 2. The molecular formula is C20H24N10O13P2. The van der Waals surface area contributed by atoms with Gasteiger partial charge in [0.05, 0.1) is 25.2 Å². The van der Waals surface area contributed by atoms with Gasteiger partial charge in [-0.2, -0.15) is 10.1 Å². The lowest BCUT2D eigenvalue weighted by atomic mass is 10.1. The van der Waals surface area contributed by atoms with E-state index < -0.39 is 83.4 Å². The number of ether oxygens (including phenoxy) is 2. The Hall–Kier alpha value is -3.44. The number of nitrogen functional groups attached to an aromatic ring is 2. The van der Waals surface area contributed by atoms with Gasteiger partial charge in [-0.25, -0.2) is 24.1 Å². The number of aromatic nitrogens is 8. The summed E-state index contributed by atoms with van der Waals surface area (Å²) >= 11 is 0. The molecule has 0 spiro atoms. The molecule has 3 aliphatic rings. The molecule has 0 saturated carbocycles. The number of imidazole rings is 1. The Kier molecular flexibility index (Phi) is 7.27. The number of phosphoric ester groups is 2. The molecule has 242 valence electrons. The zero-order valence-electron chi connectivity index (χ0n) is 22.4. The van der Waals surface area contributed by atoms with Crippen LogP contribution < -0.4 is 17.0 Å². The summed E-state index contributed by atoms with van der Waals surface area (Å²) in [6.45, 7) is -1.65. The average molecular weight is 674 g/mol. The van der Waals surface area contributed by atoms with Gasteiger partial charge in [0.1, 0.15) is 54.6 Å². The van der Waals surface area contributed by atoms with Gasteiger partial charge in [-0.3, -0.25) is 37.5 Å². The number of H-pyrrole nitrogens is 2. The van der Waals surface area contributed by atoms with Gasteiger partial charge >= 0.3 is 15.6 Å². The van der Waals surface area contributed by atoms with E-state index in [1.54, 1.807) is 0 Å². The predicted octanol–water partition coefficient (Wildman–Crippen LogP) is -2.27. The van der Waals surface area contributed by atoms with E-state index in [0.717, 1.165) is 17.2 Å². The van der Waals surface area contributed by atoms with Gasteiger partial charge in [-0.05, 0) is 0 Å². The van der Waals surface area contributed by atoms with E-state index in [4.69, 9.17) is 39.0 Å². The number of rotatable bonds is 2. The normalized spacial score (nSPS) is 37.7. The molecule has 10 atom stereocenters. The molecule has 3 aliphatic heterocycles. The number of anilines is 2. The van der Waals surface area contributed by atoms with Crippen LogP contribution in [0, 0.1) is 0 Å². The second-order valence-corrected chi connectivity index (χ2v) is 13.0. The Morgan fingerprint density at radius 2 is 1.62 bits per heavy atom. The summed E-state index contributed by atoms with van der Waals surface area (Å²) < 4.78 is 59.8. The van der Waals surface area contributed by atoms with Crippen LogP contribution in [0.2, 0.25) is 0 Å². The van der Waals surface area contributed by atoms with Crippen molar-refractivity contribution in [2.24, 2.45) is 0 Å². The van der Waals surface area contributed by atoms with Crippen molar-refractivity contribution in [1.29, 1.82) is 0 Å². The van der Waals surface area contributed by atoms with Gasteiger partial charge in [0.15, 0.2) is 28.7 Å². The van der Waals surface area contributed by atoms with Crippen molar-refractivity contribution in [2.45, 2.75) is 49.0 Å². The SMILES string of the molecule is Nc1nc2c(ncn2[C@@H]2O[C@@H]3COP(=O)(O)O[C@H]4[C@@H](O)[C@H](c5[nH]nc6c(N)ncnc56)O[C@@H]4COP(=O)(O)O[C@@H]2[C@@H]3O)c(=O)[nH]1. The Bertz CT molecular complexity index is 1940. The second-order valence-electron chi connectivity index (χ2n) is 10.2. The lowest BCUT2D eigenvalue weighted by Crippen LogP contribution is -2.36. The van der Waals surface area contributed by atoms with E-state index in [2.05, 4.69) is 35.1 Å². The highest BCUT2D eigenvalue weighted by Crippen LogP contribution is 2.54. The fraction of sp³-hybridized carbons (Fsp3) is 0.500. The molecule has 7 heterocycles. The summed E-state index contributed by atoms with van der Waals surface area (Å²) in [5.41, 5.74) is 10.9. The van der Waals surface area contributed by atoms with E-state index in [0.29, 0.717) is 0 Å². The Balaban J connectivity index is 1.21. The van der Waals surface area contributed by atoms with Gasteiger partial charge < -0.3 is 40.9 Å². The molecule has 25 heteroatoms. The van der Waals surface area contributed by atoms with Crippen LogP contribution in [0.5, 0.6) is 0 Å². The quantitative estimate of drug-likeness (QED) is 0.104. The maximum atomic E-state index is 13.2. The first-order chi connectivity index (χ1) is 21.3. The van der Waals surface area contributed by atoms with E-state index in [-0.39, 0.29) is 39.7 Å². The number of aliphatic hydroxyl groups excluding tert-OH is 2. The fourth-order valence-corrected chi connectivity index (χ4v) is 7.23. The second kappa shape index (κ2) is 10.8. The molecule has 2 unspecified atom stereocenters. The van der Waals surface area contributed by atoms with E-state index in [9.17, 15) is 33.9 Å². The molecule has 45 heavy (non-hydrogen) atoms. The topological polar surface area (TPSA) is 341 Å². The van der Waals surface area contributed by atoms with E-state index in [1.165, 1.54) is 0 Å². The zero-order chi connectivity index (χ0) is 31.8. The van der Waals surface area contributed by atoms with Crippen LogP contribution in [0.15, 0.2) is 17.4 Å². The number of aromatic amines is 2. The molecule has 0 aliphatic carbocycles. The van der Waals surface area contributed by atoms with Gasteiger partial charge in [0, 0.05) is 0 Å². The standard InChI is InChI=1S/C20H24N10O13P2/c21-16-9-7(23-3-24-16)8(28-29-9)14-12(32)13-6(40-14)2-39-45(36,37)43-15-11(31)5(1-38-44(34,35)42-13)41-19(15)30-4-25-10-17(30)26-20(22)27-18(10)33/h3-6,11-15,19,31-32H,1-2H2,(H,28,29)(H,34,35)(H,36,37)(H2,21,23,24)(H3,22,26,27,33)/t5-,6-,11-,12-,13-,14+,15-,19-/m1/s1. The summed E-state index contributed by atoms with van der Waals surface area (Å²) in [6.07, 6.45) is -10.4. The zero-order valence-corrected chi connectivity index (χ0v) is 24.2. The number of fused-ring (bicyclic) bond motifs is 5. The third-order valence-electron chi connectivity index (χ3n) is 7.36. The van der Waals surface area contributed by atoms with Gasteiger partial charge in [-0.15, -0.1) is 0 Å². The first-order valence-electron chi connectivity index (χ1n) is 13.0. The lowest BCUT2D eigenvalue weighted by molar-refractivity contribution is -0.0637. The summed E-state index contributed by atoms with van der Waals surface area (Å²) in [5, 5.41) is 28.8. The van der Waals surface area contributed by atoms with Gasteiger partial charge in [-0.1, -0.05) is 0 Å². The van der Waals surface area contributed by atoms with E-state index >= 15 is 0 Å². The number of hydrogen-bond acceptors (Lipinski definition) is 18. The molecule has 0 aromatic carbocycles. The summed E-state index contributed by atoms with van der Waals surface area (Å²) in [5.74, 6) is -0.261. The first kappa shape index (κ1) is 30.2. The van der Waals surface area contributed by atoms with Crippen molar-refractivity contribution in [3.8, 4) is 0 Å². The Morgan fingerprint density at radius 3 is 2.38 bits per heavy atom. The van der Waals surface area contributed by atoms with E-state index in [1.807, 2.05) is 0 Å². The molecule has 4 aromatic heterocycles. The number of nitrogens with two attached hydrogens (primary N) is 2. The van der Waals surface area contributed by atoms with Gasteiger partial charge in [0.2, 0.25) is 5.95 Å². The van der Waals surface area contributed by atoms with Gasteiger partial charge in [0.25, 0.3) is 5.56 Å². The first-order valence-corrected chi connectivity index (χ1v) is 16.0. The Morgan fingerprint density at radius 1 is 0.911 bits per heavy atom. The highest BCUT2D eigenvalue weighted by molar-refractivity contribution is 7.47. The maximum Gasteiger partial charge on any atom is 0.472 e. The summed E-state index contributed by atoms with van der Waals surface area (Å²) in [4.78, 5) is 51.7. The molecule has 23 nitrogen and oxygen atoms in total. The van der Waals surface area contributed by atoms with Crippen LogP contribution in [0.1, 0.15) is 18.0 Å². The molecule has 7 rings (SSSR count). The van der Waals surface area contributed by atoms with Crippen molar-refractivity contribution < 1.29 is 56.7 Å². The lowest BCUT2D eigenvalue weighted by Gasteiger charge is -2.25. The number of hydrogen-bond donors (Lipinski definition) is 8. The third-order valence-corrected chi connectivity index (χ3v) is 9.33. The molecule has 3 saturated heterocycles. The average Bonchev–Trinajstić information content (AvgIpc) is 3.72. The highest BCUT2D eigenvalue weighted by atomic mass is 31.2. The number of phosphoric acid groups is 2. The molecule has 3 fully saturated rings. The highest BCUT2D eigenvalue weighted by Gasteiger charge is 2.54. The van der Waals surface area contributed by atoms with Crippen LogP contribution >= 0.6 is 15.6 Å². The molecule has 0 radical (unpaired) electrons. The maximum absolute atomic E-state index is 13.2. The Labute approximate surface area is 248 Å². The third kappa shape index (κ3) is 5.31. The molecule has 2 bridgehead atoms. The molecular weight excluding hydrogens is 650 g/mol. The summed E-state index contributed by atoms with van der Waals surface area (Å²) in [6, 6.07) is 0. The minimum absolute atomic E-state index is 0.0239. The van der Waals surface area contributed by atoms with Crippen LogP contribution in [0.25, 0.3) is 22.2 Å². The number of aliphatic hydroxyl groups is 2. The van der Waals surface area contributed by atoms with Crippen molar-refractivity contribution in [1.82, 2.24) is 39.7 Å². The predicted molar refractivity (Wildman–Crippen MR) is 143 cm³/mol. The largest absolute Gasteiger partial charge is 0.472 e. The van der Waals surface area contributed by atoms with Crippen molar-refractivity contribution in [2.75, 3.05) is 24.7 Å². The monoisotopic (exact) mass is 674 g/mol. The van der Waals surface area contributed by atoms with Crippen molar-refractivity contribution >= 4 is 49.6 Å². The smallest absolute Gasteiger partial charge is 0.387 e. The van der Waals surface area contributed by atoms with Crippen molar-refractivity contribution in [3.05, 3.63) is 28.7 Å². The molecule has 10 N–H and O–H groups in total. The number of nitrogens with zero attached hydrogens (tertiary/aromatic N) is 6. The fourth-order valence-electron chi connectivity index (χ4n) is 5.34. The van der Waals surface area contributed by atoms with Crippen LogP contribution in [0.3, 0.4) is 0 Å². The molecule has 0 amide bonds. The van der Waals surface area contributed by atoms with Crippen LogP contribution in [-0.2, 0) is 36.7 Å². The van der Waals surface area contributed by atoms with Crippen LogP contribution in [0.4, 0.5) is 11.8 Å². The van der Waals surface area contributed by atoms with Crippen LogP contribution in [-0.4, -0.2) is 110 Å². The minimum atomic E-state index is -5.11. The minimum Gasteiger partial charge on any atom is -0.387 e. The summed E-state index contributed by atoms with van der Waals surface area (Å²) in [7, 11) is -10.2. The van der Waals surface area contributed by atoms with Crippen molar-refractivity contribution in [3.63, 3.8) is 0 Å². The molecule has 4 aromatic rings.